The fourth-order valence-electron chi connectivity index (χ4n) is 0.702. The summed E-state index contributed by atoms with van der Waals surface area (Å²) in [5, 5.41) is 3.15. The molecule has 1 N–H and O–H groups in total. The molecule has 0 heterocycles. The molecule has 0 bridgehead atoms. The van der Waals surface area contributed by atoms with Gasteiger partial charge in [0.15, 0.2) is 0 Å². The van der Waals surface area contributed by atoms with Gasteiger partial charge < -0.3 is 5.32 Å². The summed E-state index contributed by atoms with van der Waals surface area (Å²) >= 11 is 0. The zero-order valence-corrected chi connectivity index (χ0v) is 7.18. The minimum absolute atomic E-state index is 0.139. The van der Waals surface area contributed by atoms with E-state index in [0.717, 1.165) is 6.54 Å². The Balaban J connectivity index is 3.26. The first-order valence-corrected chi connectivity index (χ1v) is 3.85. The van der Waals surface area contributed by atoms with Crippen LogP contribution in [0.15, 0.2) is 0 Å². The summed E-state index contributed by atoms with van der Waals surface area (Å²) in [7, 11) is 0. The largest absolute Gasteiger partial charge is 0.314 e. The smallest absolute Gasteiger partial charge is 0.146 e. The van der Waals surface area contributed by atoms with E-state index >= 15 is 0 Å². The first kappa shape index (κ1) is 10.2. The van der Waals surface area contributed by atoms with Gasteiger partial charge in [-0.1, -0.05) is 19.8 Å². The van der Waals surface area contributed by atoms with Crippen molar-refractivity contribution in [3.63, 3.8) is 0 Å². The summed E-state index contributed by atoms with van der Waals surface area (Å²) in [5.74, 6) is 2.47. The maximum absolute atomic E-state index is 10.8. The van der Waals surface area contributed by atoms with E-state index in [1.54, 1.807) is 0 Å². The normalized spacial score (nSPS) is 9.64. The van der Waals surface area contributed by atoms with Crippen molar-refractivity contribution < 1.29 is 4.79 Å². The lowest BCUT2D eigenvalue weighted by molar-refractivity contribution is -0.118. The molecule has 11 heavy (non-hydrogen) atoms. The topological polar surface area (TPSA) is 29.1 Å². The number of carbonyl (C=O) groups excluding carboxylic acids is 1. The number of hydrogen-bond donors (Lipinski definition) is 1. The van der Waals surface area contributed by atoms with Gasteiger partial charge in [0.05, 0.1) is 6.42 Å². The van der Waals surface area contributed by atoms with Gasteiger partial charge in [-0.05, 0) is 0 Å². The molecule has 0 aliphatic heterocycles. The predicted octanol–water partition coefficient (Wildman–Crippen LogP) is 0.967. The van der Waals surface area contributed by atoms with E-state index in [1.807, 2.05) is 13.8 Å². The second kappa shape index (κ2) is 5.94. The molecule has 2 nitrogen and oxygen atoms in total. The Morgan fingerprint density at radius 3 is 2.73 bits per heavy atom. The monoisotopic (exact) mass is 153 g/mol. The van der Waals surface area contributed by atoms with Crippen LogP contribution >= 0.6 is 0 Å². The van der Waals surface area contributed by atoms with Crippen molar-refractivity contribution in [2.45, 2.75) is 32.7 Å². The van der Waals surface area contributed by atoms with E-state index in [9.17, 15) is 4.79 Å². The Hall–Kier alpha value is -0.810. The van der Waals surface area contributed by atoms with Gasteiger partial charge in [0.25, 0.3) is 0 Å². The Kier molecular flexibility index (Phi) is 5.50. The average Bonchev–Trinajstić information content (AvgIpc) is 1.87. The molecular weight excluding hydrogens is 138 g/mol. The van der Waals surface area contributed by atoms with E-state index in [2.05, 4.69) is 11.2 Å². The molecule has 0 atom stereocenters. The third kappa shape index (κ3) is 7.08. The van der Waals surface area contributed by atoms with Gasteiger partial charge in [-0.15, -0.1) is 6.42 Å². The highest BCUT2D eigenvalue weighted by Crippen LogP contribution is 1.87. The number of terminal acetylenes is 1. The quantitative estimate of drug-likeness (QED) is 0.596. The molecule has 0 aromatic heterocycles. The summed E-state index contributed by atoms with van der Waals surface area (Å²) in [6, 6.07) is 0.439. The van der Waals surface area contributed by atoms with Gasteiger partial charge in [0.1, 0.15) is 5.78 Å². The molecule has 0 aliphatic carbocycles. The first-order valence-electron chi connectivity index (χ1n) is 3.85. The maximum Gasteiger partial charge on any atom is 0.146 e. The lowest BCUT2D eigenvalue weighted by Crippen LogP contribution is -2.25. The zero-order valence-electron chi connectivity index (χ0n) is 7.18. The van der Waals surface area contributed by atoms with Crippen LogP contribution in [-0.2, 0) is 4.79 Å². The molecule has 0 rings (SSSR count). The van der Waals surface area contributed by atoms with Crippen molar-refractivity contribution in [2.75, 3.05) is 6.54 Å². The van der Waals surface area contributed by atoms with Crippen LogP contribution in [0, 0.1) is 12.3 Å². The number of hydrogen-bond acceptors (Lipinski definition) is 2. The number of ketones is 1. The number of carbonyl (C=O) groups is 1. The van der Waals surface area contributed by atoms with Crippen molar-refractivity contribution in [1.29, 1.82) is 0 Å². The Bertz CT molecular complexity index is 155. The number of Topliss-reactive ketones (excluding diaryl/α,β-unsaturated/α-hetero) is 1. The Morgan fingerprint density at radius 2 is 2.27 bits per heavy atom. The zero-order chi connectivity index (χ0) is 8.69. The van der Waals surface area contributed by atoms with Gasteiger partial charge >= 0.3 is 0 Å². The Labute approximate surface area is 68.4 Å². The van der Waals surface area contributed by atoms with Crippen molar-refractivity contribution in [3.8, 4) is 12.3 Å². The summed E-state index contributed by atoms with van der Waals surface area (Å²) in [6.07, 6.45) is 5.78. The minimum Gasteiger partial charge on any atom is -0.314 e. The van der Waals surface area contributed by atoms with Crippen LogP contribution in [0.4, 0.5) is 0 Å². The van der Waals surface area contributed by atoms with Crippen LogP contribution in [0.2, 0.25) is 0 Å². The SMILES string of the molecule is C#CCC(=O)CCNC(C)C. The third-order valence-corrected chi connectivity index (χ3v) is 1.26. The van der Waals surface area contributed by atoms with Crippen molar-refractivity contribution in [1.82, 2.24) is 5.32 Å². The average molecular weight is 153 g/mol. The minimum atomic E-state index is 0.139. The fourth-order valence-corrected chi connectivity index (χ4v) is 0.702. The predicted molar refractivity (Wildman–Crippen MR) is 46.2 cm³/mol. The molecular formula is C9H15NO. The highest BCUT2D eigenvalue weighted by molar-refractivity contribution is 5.80. The van der Waals surface area contributed by atoms with Crippen LogP contribution in [0.5, 0.6) is 0 Å². The second-order valence-corrected chi connectivity index (χ2v) is 2.78. The second-order valence-electron chi connectivity index (χ2n) is 2.78. The van der Waals surface area contributed by atoms with Crippen LogP contribution in [0.1, 0.15) is 26.7 Å². The molecule has 0 aliphatic rings. The summed E-state index contributed by atoms with van der Waals surface area (Å²) in [6.45, 7) is 4.83. The highest BCUT2D eigenvalue weighted by atomic mass is 16.1. The molecule has 0 spiro atoms. The first-order chi connectivity index (χ1) is 5.16. The molecule has 0 radical (unpaired) electrons. The highest BCUT2D eigenvalue weighted by Gasteiger charge is 1.98. The summed E-state index contributed by atoms with van der Waals surface area (Å²) < 4.78 is 0. The third-order valence-electron chi connectivity index (χ3n) is 1.26. The summed E-state index contributed by atoms with van der Waals surface area (Å²) in [5.41, 5.74) is 0. The fraction of sp³-hybridized carbons (Fsp3) is 0.667. The van der Waals surface area contributed by atoms with Gasteiger partial charge in [-0.2, -0.15) is 0 Å². The standard InChI is InChI=1S/C9H15NO/c1-4-5-9(11)6-7-10-8(2)3/h1,8,10H,5-7H2,2-3H3. The molecule has 0 aromatic rings. The van der Waals surface area contributed by atoms with E-state index in [0.29, 0.717) is 12.5 Å². The lowest BCUT2D eigenvalue weighted by Gasteiger charge is -2.05. The molecule has 2 heteroatoms. The van der Waals surface area contributed by atoms with Gasteiger partial charge in [-0.3, -0.25) is 4.79 Å². The van der Waals surface area contributed by atoms with Gasteiger partial charge in [-0.25, -0.2) is 0 Å². The van der Waals surface area contributed by atoms with E-state index in [-0.39, 0.29) is 12.2 Å². The van der Waals surface area contributed by atoms with Gasteiger partial charge in [0, 0.05) is 19.0 Å². The number of rotatable bonds is 5. The molecule has 0 aromatic carbocycles. The lowest BCUT2D eigenvalue weighted by atomic mass is 10.2. The van der Waals surface area contributed by atoms with Crippen molar-refractivity contribution >= 4 is 5.78 Å². The Morgan fingerprint density at radius 1 is 1.64 bits per heavy atom. The van der Waals surface area contributed by atoms with Crippen LogP contribution < -0.4 is 5.32 Å². The molecule has 0 saturated heterocycles. The molecule has 62 valence electrons. The van der Waals surface area contributed by atoms with E-state index in [1.165, 1.54) is 0 Å². The number of nitrogens with one attached hydrogen (secondary N) is 1. The van der Waals surface area contributed by atoms with E-state index < -0.39 is 0 Å². The van der Waals surface area contributed by atoms with Gasteiger partial charge in [0.2, 0.25) is 0 Å². The molecule has 0 fully saturated rings. The van der Waals surface area contributed by atoms with Crippen LogP contribution in [0.25, 0.3) is 0 Å². The van der Waals surface area contributed by atoms with Crippen LogP contribution in [-0.4, -0.2) is 18.4 Å². The summed E-state index contributed by atoms with van der Waals surface area (Å²) in [4.78, 5) is 10.8. The van der Waals surface area contributed by atoms with Crippen molar-refractivity contribution in [2.24, 2.45) is 0 Å². The van der Waals surface area contributed by atoms with E-state index in [4.69, 9.17) is 6.42 Å². The van der Waals surface area contributed by atoms with Crippen LogP contribution in [0.3, 0.4) is 0 Å². The molecule has 0 saturated carbocycles. The molecule has 0 amide bonds. The maximum atomic E-state index is 10.8. The van der Waals surface area contributed by atoms with Crippen molar-refractivity contribution in [3.05, 3.63) is 0 Å². The molecule has 0 unspecified atom stereocenters.